The molecule has 2 amide bonds. The van der Waals surface area contributed by atoms with Crippen LogP contribution in [-0.2, 0) is 24.2 Å². The van der Waals surface area contributed by atoms with Gasteiger partial charge in [-0.2, -0.15) is 0 Å². The van der Waals surface area contributed by atoms with Gasteiger partial charge in [0.15, 0.2) is 21.7 Å². The predicted molar refractivity (Wildman–Crippen MR) is 109 cm³/mol. The highest BCUT2D eigenvalue weighted by atomic mass is 35.5. The summed E-state index contributed by atoms with van der Waals surface area (Å²) in [6, 6.07) is 6.58. The minimum absolute atomic E-state index is 0.0570. The quantitative estimate of drug-likeness (QED) is 0.734. The van der Waals surface area contributed by atoms with E-state index in [1.807, 2.05) is 0 Å². The number of sulfone groups is 1. The molecule has 1 saturated heterocycles. The van der Waals surface area contributed by atoms with Crippen molar-refractivity contribution in [2.45, 2.75) is 18.6 Å². The first-order valence-corrected chi connectivity index (χ1v) is 11.2. The predicted octanol–water partition coefficient (Wildman–Crippen LogP) is 1.85. The first kappa shape index (κ1) is 19.6. The van der Waals surface area contributed by atoms with Crippen LogP contribution in [0.3, 0.4) is 0 Å². The summed E-state index contributed by atoms with van der Waals surface area (Å²) in [7, 11) is -3.09. The van der Waals surface area contributed by atoms with Gasteiger partial charge < -0.3 is 10.1 Å². The molecule has 150 valence electrons. The largest absolute Gasteiger partial charge is 0.474 e. The van der Waals surface area contributed by atoms with Crippen LogP contribution in [-0.4, -0.2) is 49.6 Å². The van der Waals surface area contributed by atoms with E-state index in [0.717, 1.165) is 0 Å². The molecule has 9 heteroatoms. The number of benzene rings is 1. The van der Waals surface area contributed by atoms with E-state index in [-0.39, 0.29) is 17.3 Å². The zero-order chi connectivity index (χ0) is 20.6. The Morgan fingerprint density at radius 2 is 2.17 bits per heavy atom. The van der Waals surface area contributed by atoms with E-state index in [4.69, 9.17) is 16.3 Å². The molecule has 3 aliphatic rings. The molecule has 29 heavy (non-hydrogen) atoms. The molecule has 1 aromatic carbocycles. The van der Waals surface area contributed by atoms with E-state index >= 15 is 0 Å². The third-order valence-electron chi connectivity index (χ3n) is 4.72. The molecule has 0 saturated carbocycles. The lowest BCUT2D eigenvalue weighted by atomic mass is 10.0. The maximum Gasteiger partial charge on any atom is 0.312 e. The van der Waals surface area contributed by atoms with Gasteiger partial charge in [-0.25, -0.2) is 13.4 Å². The first-order chi connectivity index (χ1) is 13.8. The summed E-state index contributed by atoms with van der Waals surface area (Å²) in [6.07, 6.45) is 6.08. The van der Waals surface area contributed by atoms with Crippen molar-refractivity contribution in [3.8, 4) is 0 Å². The zero-order valence-electron chi connectivity index (χ0n) is 15.2. The second-order valence-corrected chi connectivity index (χ2v) is 9.64. The summed E-state index contributed by atoms with van der Waals surface area (Å²) in [6.45, 7) is 0. The summed E-state index contributed by atoms with van der Waals surface area (Å²) < 4.78 is 28.8. The van der Waals surface area contributed by atoms with Gasteiger partial charge >= 0.3 is 5.91 Å². The molecule has 1 aromatic rings. The smallest absolute Gasteiger partial charge is 0.312 e. The van der Waals surface area contributed by atoms with Gasteiger partial charge in [-0.05, 0) is 48.4 Å². The average molecular weight is 433 g/mol. The summed E-state index contributed by atoms with van der Waals surface area (Å²) in [5.41, 5.74) is 1.33. The maximum atomic E-state index is 12.4. The number of hydrogen-bond donors (Lipinski definition) is 1. The number of fused-ring (bicyclic) bond motifs is 1. The molecule has 0 radical (unpaired) electrons. The average Bonchev–Trinajstić information content (AvgIpc) is 3.00. The number of nitrogens with one attached hydrogen (secondary N) is 1. The van der Waals surface area contributed by atoms with Crippen LogP contribution in [0.1, 0.15) is 12.0 Å². The first-order valence-electron chi connectivity index (χ1n) is 8.97. The standard InChI is InChI=1S/C20H17ClN2O5S/c21-14-3-1-2-12(8-14)9-18-20(25)23-16-10-13(4-5-17(16)28-18)19(24)22-15-6-7-29(26,27)11-15/h1-5,8-10,15,17H,6-7,11H2,(H,22,24)/b18-9-. The van der Waals surface area contributed by atoms with Gasteiger partial charge in [0.25, 0.3) is 5.91 Å². The zero-order valence-corrected chi connectivity index (χ0v) is 16.7. The number of carbonyl (C=O) groups excluding carboxylic acids is 2. The van der Waals surface area contributed by atoms with Crippen molar-refractivity contribution in [3.05, 3.63) is 64.4 Å². The topological polar surface area (TPSA) is 102 Å². The number of hydrogen-bond acceptors (Lipinski definition) is 5. The van der Waals surface area contributed by atoms with E-state index in [9.17, 15) is 18.0 Å². The fraction of sp³-hybridized carbons (Fsp3) is 0.250. The summed E-state index contributed by atoms with van der Waals surface area (Å²) in [4.78, 5) is 28.8. The van der Waals surface area contributed by atoms with Gasteiger partial charge in [0.05, 0.1) is 17.2 Å². The summed E-state index contributed by atoms with van der Waals surface area (Å²) in [5.74, 6) is -0.852. The number of ether oxygens (including phenoxy) is 1. The van der Waals surface area contributed by atoms with Crippen LogP contribution < -0.4 is 5.32 Å². The van der Waals surface area contributed by atoms with Crippen molar-refractivity contribution in [2.75, 3.05) is 11.5 Å². The van der Waals surface area contributed by atoms with Crippen LogP contribution in [0.4, 0.5) is 0 Å². The second-order valence-electron chi connectivity index (χ2n) is 6.98. The van der Waals surface area contributed by atoms with Crippen molar-refractivity contribution < 1.29 is 22.7 Å². The molecule has 2 atom stereocenters. The maximum absolute atomic E-state index is 12.4. The Hall–Kier alpha value is -2.71. The molecule has 0 aromatic heterocycles. The molecule has 0 bridgehead atoms. The Balaban J connectivity index is 1.50. The Morgan fingerprint density at radius 3 is 2.90 bits per heavy atom. The van der Waals surface area contributed by atoms with E-state index in [2.05, 4.69) is 10.3 Å². The minimum atomic E-state index is -3.09. The van der Waals surface area contributed by atoms with Crippen LogP contribution in [0.2, 0.25) is 5.02 Å². The summed E-state index contributed by atoms with van der Waals surface area (Å²) >= 11 is 5.96. The number of rotatable bonds is 3. The van der Waals surface area contributed by atoms with Crippen molar-refractivity contribution in [1.82, 2.24) is 5.32 Å². The van der Waals surface area contributed by atoms with E-state index < -0.39 is 33.8 Å². The van der Waals surface area contributed by atoms with Crippen LogP contribution >= 0.6 is 11.6 Å². The number of carbonyl (C=O) groups is 2. The minimum Gasteiger partial charge on any atom is -0.474 e. The normalized spacial score (nSPS) is 26.4. The molecule has 2 heterocycles. The second kappa shape index (κ2) is 7.61. The van der Waals surface area contributed by atoms with Crippen LogP contribution in [0, 0.1) is 0 Å². The van der Waals surface area contributed by atoms with Gasteiger partial charge in [0, 0.05) is 16.6 Å². The number of halogens is 1. The van der Waals surface area contributed by atoms with Crippen molar-refractivity contribution in [2.24, 2.45) is 4.99 Å². The Morgan fingerprint density at radius 1 is 1.34 bits per heavy atom. The third kappa shape index (κ3) is 4.49. The molecule has 4 rings (SSSR count). The lowest BCUT2D eigenvalue weighted by Gasteiger charge is -2.24. The number of aliphatic imine (C=N–C) groups is 1. The van der Waals surface area contributed by atoms with Crippen molar-refractivity contribution in [1.29, 1.82) is 0 Å². The Labute approximate surface area is 172 Å². The molecule has 0 spiro atoms. The van der Waals surface area contributed by atoms with Crippen LogP contribution in [0.25, 0.3) is 6.08 Å². The van der Waals surface area contributed by atoms with E-state index in [1.165, 1.54) is 6.08 Å². The van der Waals surface area contributed by atoms with Crippen molar-refractivity contribution >= 4 is 45.0 Å². The van der Waals surface area contributed by atoms with Crippen molar-refractivity contribution in [3.63, 3.8) is 0 Å². The van der Waals surface area contributed by atoms with Gasteiger partial charge in [0.1, 0.15) is 0 Å². The fourth-order valence-corrected chi connectivity index (χ4v) is 5.17. The summed E-state index contributed by atoms with van der Waals surface area (Å²) in [5, 5.41) is 3.26. The molecule has 2 aliphatic heterocycles. The molecular formula is C20H17ClN2O5S. The SMILES string of the molecule is O=C(NC1CCS(=O)(=O)C1)C1=CC2=NC(=O)/C(=C/c3cccc(Cl)c3)OC2C=C1. The molecule has 1 N–H and O–H groups in total. The van der Waals surface area contributed by atoms with E-state index in [0.29, 0.717) is 28.3 Å². The molecule has 7 nitrogen and oxygen atoms in total. The lowest BCUT2D eigenvalue weighted by Crippen LogP contribution is -2.38. The molecular weight excluding hydrogens is 416 g/mol. The fourth-order valence-electron chi connectivity index (χ4n) is 3.30. The number of nitrogens with zero attached hydrogens (tertiary/aromatic N) is 1. The van der Waals surface area contributed by atoms with Gasteiger partial charge in [-0.1, -0.05) is 23.7 Å². The lowest BCUT2D eigenvalue weighted by molar-refractivity contribution is -0.119. The van der Waals surface area contributed by atoms with Crippen LogP contribution in [0.15, 0.2) is 58.8 Å². The Kier molecular flexibility index (Phi) is 5.14. The highest BCUT2D eigenvalue weighted by molar-refractivity contribution is 7.91. The van der Waals surface area contributed by atoms with Gasteiger partial charge in [-0.3, -0.25) is 9.59 Å². The van der Waals surface area contributed by atoms with Gasteiger partial charge in [0.2, 0.25) is 0 Å². The van der Waals surface area contributed by atoms with Crippen LogP contribution in [0.5, 0.6) is 0 Å². The highest BCUT2D eigenvalue weighted by Gasteiger charge is 2.32. The van der Waals surface area contributed by atoms with E-state index in [1.54, 1.807) is 42.5 Å². The molecule has 2 unspecified atom stereocenters. The third-order valence-corrected chi connectivity index (χ3v) is 6.72. The molecule has 1 fully saturated rings. The monoisotopic (exact) mass is 432 g/mol. The number of amides is 2. The molecule has 1 aliphatic carbocycles. The Bertz CT molecular complexity index is 1120. The van der Waals surface area contributed by atoms with Gasteiger partial charge in [-0.15, -0.1) is 0 Å². The highest BCUT2D eigenvalue weighted by Crippen LogP contribution is 2.23.